The van der Waals surface area contributed by atoms with Gasteiger partial charge in [0.2, 0.25) is 15.9 Å². The molecule has 0 aliphatic heterocycles. The lowest BCUT2D eigenvalue weighted by molar-refractivity contribution is -0.120. The number of nitrogens with one attached hydrogen (secondary N) is 2. The zero-order valence-corrected chi connectivity index (χ0v) is 12.1. The summed E-state index contributed by atoms with van der Waals surface area (Å²) in [7, 11) is -3.79. The van der Waals surface area contributed by atoms with E-state index in [1.807, 2.05) is 0 Å². The second-order valence-electron chi connectivity index (χ2n) is 4.58. The summed E-state index contributed by atoms with van der Waals surface area (Å²) in [6.07, 6.45) is 4.55. The van der Waals surface area contributed by atoms with Crippen molar-refractivity contribution in [3.8, 4) is 11.8 Å². The Morgan fingerprint density at radius 2 is 2.19 bits per heavy atom. The first-order valence-corrected chi connectivity index (χ1v) is 7.92. The van der Waals surface area contributed by atoms with E-state index in [0.717, 1.165) is 12.8 Å². The molecule has 0 atom stereocenters. The first kappa shape index (κ1) is 15.4. The third kappa shape index (κ3) is 4.82. The third-order valence-corrected chi connectivity index (χ3v) is 4.09. The molecule has 1 fully saturated rings. The fraction of sp³-hybridized carbons (Fsp3) is 0.385. The number of hydrogen-bond donors (Lipinski definition) is 3. The van der Waals surface area contributed by atoms with E-state index in [1.54, 1.807) is 0 Å². The minimum absolute atomic E-state index is 0.0365. The Kier molecular flexibility index (Phi) is 4.90. The quantitative estimate of drug-likeness (QED) is 0.601. The maximum Gasteiger partial charge on any atom is 0.242 e. The summed E-state index contributed by atoms with van der Waals surface area (Å²) in [6, 6.07) is 1.58. The van der Waals surface area contributed by atoms with E-state index in [0.29, 0.717) is 5.56 Å². The Hall–Kier alpha value is -1.95. The standard InChI is InChI=1S/C13H16N4O3S/c14-5-1-2-10-6-12(8-15-7-10)21(19,20)16-9-13(18)17-11-3-4-11/h6-8,11,16H,3-5,9,14H2,(H,17,18). The Morgan fingerprint density at radius 1 is 1.43 bits per heavy atom. The Labute approximate surface area is 123 Å². The number of carbonyl (C=O) groups excluding carboxylic acids is 1. The molecule has 1 aliphatic carbocycles. The topological polar surface area (TPSA) is 114 Å². The van der Waals surface area contributed by atoms with Gasteiger partial charge >= 0.3 is 0 Å². The molecule has 1 aromatic heterocycles. The van der Waals surface area contributed by atoms with Crippen molar-refractivity contribution in [3.63, 3.8) is 0 Å². The summed E-state index contributed by atoms with van der Waals surface area (Å²) >= 11 is 0. The van der Waals surface area contributed by atoms with Crippen LogP contribution in [0.3, 0.4) is 0 Å². The number of hydrogen-bond acceptors (Lipinski definition) is 5. The van der Waals surface area contributed by atoms with E-state index in [-0.39, 0.29) is 29.9 Å². The molecule has 8 heteroatoms. The Bertz CT molecular complexity index is 687. The zero-order valence-electron chi connectivity index (χ0n) is 11.3. The number of nitrogens with two attached hydrogens (primary N) is 1. The first-order chi connectivity index (χ1) is 10.0. The number of amides is 1. The van der Waals surface area contributed by atoms with Crippen molar-refractivity contribution in [2.75, 3.05) is 13.1 Å². The lowest BCUT2D eigenvalue weighted by Crippen LogP contribution is -2.37. The van der Waals surface area contributed by atoms with Crippen LogP contribution in [0.5, 0.6) is 0 Å². The summed E-state index contributed by atoms with van der Waals surface area (Å²) in [5, 5.41) is 2.70. The van der Waals surface area contributed by atoms with E-state index in [2.05, 4.69) is 26.9 Å². The van der Waals surface area contributed by atoms with Crippen molar-refractivity contribution < 1.29 is 13.2 Å². The fourth-order valence-electron chi connectivity index (χ4n) is 1.54. The highest BCUT2D eigenvalue weighted by molar-refractivity contribution is 7.89. The van der Waals surface area contributed by atoms with Crippen LogP contribution >= 0.6 is 0 Å². The SMILES string of the molecule is NCC#Cc1cncc(S(=O)(=O)NCC(=O)NC2CC2)c1. The summed E-state index contributed by atoms with van der Waals surface area (Å²) in [4.78, 5) is 15.3. The van der Waals surface area contributed by atoms with Gasteiger partial charge < -0.3 is 11.1 Å². The van der Waals surface area contributed by atoms with Crippen LogP contribution in [-0.2, 0) is 14.8 Å². The van der Waals surface area contributed by atoms with Crippen molar-refractivity contribution in [3.05, 3.63) is 24.0 Å². The van der Waals surface area contributed by atoms with Crippen molar-refractivity contribution in [2.24, 2.45) is 5.73 Å². The van der Waals surface area contributed by atoms with E-state index < -0.39 is 10.0 Å². The molecular formula is C13H16N4O3S. The number of aromatic nitrogens is 1. The van der Waals surface area contributed by atoms with Crippen LogP contribution in [0.4, 0.5) is 0 Å². The minimum atomic E-state index is -3.79. The highest BCUT2D eigenvalue weighted by Gasteiger charge is 2.24. The van der Waals surface area contributed by atoms with Crippen LogP contribution < -0.4 is 15.8 Å². The Morgan fingerprint density at radius 3 is 2.86 bits per heavy atom. The van der Waals surface area contributed by atoms with Gasteiger partial charge in [-0.05, 0) is 18.9 Å². The molecule has 112 valence electrons. The van der Waals surface area contributed by atoms with Gasteiger partial charge in [0.15, 0.2) is 0 Å². The molecule has 0 bridgehead atoms. The van der Waals surface area contributed by atoms with Crippen LogP contribution in [0.1, 0.15) is 18.4 Å². The van der Waals surface area contributed by atoms with Gasteiger partial charge in [-0.2, -0.15) is 0 Å². The maximum atomic E-state index is 12.1. The fourth-order valence-corrected chi connectivity index (χ4v) is 2.51. The van der Waals surface area contributed by atoms with Crippen molar-refractivity contribution in [1.82, 2.24) is 15.0 Å². The largest absolute Gasteiger partial charge is 0.352 e. The van der Waals surface area contributed by atoms with Crippen LogP contribution in [0.25, 0.3) is 0 Å². The molecule has 7 nitrogen and oxygen atoms in total. The number of carbonyl (C=O) groups is 1. The third-order valence-electron chi connectivity index (χ3n) is 2.72. The van der Waals surface area contributed by atoms with Crippen molar-refractivity contribution in [1.29, 1.82) is 0 Å². The molecule has 1 aromatic rings. The monoisotopic (exact) mass is 308 g/mol. The predicted molar refractivity (Wildman–Crippen MR) is 76.5 cm³/mol. The molecule has 0 aromatic carbocycles. The molecule has 21 heavy (non-hydrogen) atoms. The molecule has 1 saturated carbocycles. The molecule has 0 spiro atoms. The van der Waals surface area contributed by atoms with E-state index >= 15 is 0 Å². The minimum Gasteiger partial charge on any atom is -0.352 e. The smallest absolute Gasteiger partial charge is 0.242 e. The van der Waals surface area contributed by atoms with Crippen LogP contribution in [0, 0.1) is 11.8 Å². The molecule has 0 radical (unpaired) electrons. The van der Waals surface area contributed by atoms with Crippen LogP contribution in [0.15, 0.2) is 23.4 Å². The number of nitrogens with zero attached hydrogens (tertiary/aromatic N) is 1. The molecule has 1 aliphatic rings. The van der Waals surface area contributed by atoms with Gasteiger partial charge in [0.05, 0.1) is 13.1 Å². The zero-order chi connectivity index (χ0) is 15.3. The Balaban J connectivity index is 2.02. The lowest BCUT2D eigenvalue weighted by atomic mass is 10.3. The van der Waals surface area contributed by atoms with E-state index in [9.17, 15) is 13.2 Å². The van der Waals surface area contributed by atoms with Crippen LogP contribution in [-0.4, -0.2) is 38.4 Å². The summed E-state index contributed by atoms with van der Waals surface area (Å²) in [6.45, 7) is -0.117. The van der Waals surface area contributed by atoms with Gasteiger partial charge in [0, 0.05) is 24.0 Å². The summed E-state index contributed by atoms with van der Waals surface area (Å²) in [5.41, 5.74) is 5.71. The van der Waals surface area contributed by atoms with Crippen molar-refractivity contribution in [2.45, 2.75) is 23.8 Å². The average Bonchev–Trinajstić information content (AvgIpc) is 3.27. The molecule has 0 saturated heterocycles. The highest BCUT2D eigenvalue weighted by atomic mass is 32.2. The molecule has 1 amide bonds. The van der Waals surface area contributed by atoms with E-state index in [1.165, 1.54) is 18.5 Å². The first-order valence-electron chi connectivity index (χ1n) is 6.44. The lowest BCUT2D eigenvalue weighted by Gasteiger charge is -2.07. The highest BCUT2D eigenvalue weighted by Crippen LogP contribution is 2.18. The second kappa shape index (κ2) is 6.67. The molecular weight excluding hydrogens is 292 g/mol. The number of sulfonamides is 1. The average molecular weight is 308 g/mol. The van der Waals surface area contributed by atoms with Gasteiger partial charge in [0.25, 0.3) is 0 Å². The molecule has 4 N–H and O–H groups in total. The van der Waals surface area contributed by atoms with E-state index in [4.69, 9.17) is 5.73 Å². The number of rotatable bonds is 5. The predicted octanol–water partition coefficient (Wildman–Crippen LogP) is -1.05. The maximum absolute atomic E-state index is 12.1. The summed E-state index contributed by atoms with van der Waals surface area (Å²) < 4.78 is 26.4. The van der Waals surface area contributed by atoms with Gasteiger partial charge in [-0.15, -0.1) is 0 Å². The molecule has 1 heterocycles. The van der Waals surface area contributed by atoms with Crippen molar-refractivity contribution >= 4 is 15.9 Å². The van der Waals surface area contributed by atoms with Gasteiger partial charge in [-0.3, -0.25) is 9.78 Å². The molecule has 2 rings (SSSR count). The van der Waals surface area contributed by atoms with Gasteiger partial charge in [0.1, 0.15) is 4.90 Å². The number of pyridine rings is 1. The summed E-state index contributed by atoms with van der Waals surface area (Å²) in [5.74, 6) is 4.99. The van der Waals surface area contributed by atoms with Gasteiger partial charge in [-0.25, -0.2) is 13.1 Å². The molecule has 0 unspecified atom stereocenters. The second-order valence-corrected chi connectivity index (χ2v) is 6.35. The van der Waals surface area contributed by atoms with Crippen LogP contribution in [0.2, 0.25) is 0 Å². The normalized spacial score (nSPS) is 14.1. The van der Waals surface area contributed by atoms with Gasteiger partial charge in [-0.1, -0.05) is 11.8 Å².